The van der Waals surface area contributed by atoms with Gasteiger partial charge in [-0.05, 0) is 24.3 Å². The van der Waals surface area contributed by atoms with Crippen molar-refractivity contribution < 1.29 is 9.90 Å². The second kappa shape index (κ2) is 4.70. The summed E-state index contributed by atoms with van der Waals surface area (Å²) < 4.78 is 0. The largest absolute Gasteiger partial charge is 0.481 e. The molecule has 1 aromatic rings. The van der Waals surface area contributed by atoms with Crippen molar-refractivity contribution in [3.8, 4) is 0 Å². The Morgan fingerprint density at radius 3 is 3.00 bits per heavy atom. The number of thioether (sulfide) groups is 1. The van der Waals surface area contributed by atoms with Crippen LogP contribution in [-0.4, -0.2) is 32.8 Å². The monoisotopic (exact) mass is 226 g/mol. The molecule has 0 saturated carbocycles. The molecular formula is C10H14N2O2S. The molecule has 1 saturated heterocycles. The van der Waals surface area contributed by atoms with E-state index in [-0.39, 0.29) is 6.42 Å². The topological polar surface area (TPSA) is 66.0 Å². The van der Waals surface area contributed by atoms with Crippen molar-refractivity contribution in [2.24, 2.45) is 0 Å². The summed E-state index contributed by atoms with van der Waals surface area (Å²) in [5.74, 6) is 2.01. The van der Waals surface area contributed by atoms with Crippen LogP contribution in [0.3, 0.4) is 0 Å². The molecule has 1 aliphatic heterocycles. The number of hydrogen-bond acceptors (Lipinski definition) is 3. The predicted octanol–water partition coefficient (Wildman–Crippen LogP) is 1.65. The van der Waals surface area contributed by atoms with Crippen LogP contribution in [0.25, 0.3) is 0 Å². The summed E-state index contributed by atoms with van der Waals surface area (Å²) in [4.78, 5) is 10.7. The van der Waals surface area contributed by atoms with E-state index < -0.39 is 5.97 Å². The molecule has 15 heavy (non-hydrogen) atoms. The fourth-order valence-electron chi connectivity index (χ4n) is 1.96. The van der Waals surface area contributed by atoms with E-state index in [1.165, 1.54) is 0 Å². The Hall–Kier alpha value is -0.970. The van der Waals surface area contributed by atoms with E-state index in [1.807, 2.05) is 11.8 Å². The van der Waals surface area contributed by atoms with Gasteiger partial charge in [0.1, 0.15) is 0 Å². The summed E-state index contributed by atoms with van der Waals surface area (Å²) in [6.07, 6.45) is 3.97. The first kappa shape index (κ1) is 10.5. The average Bonchev–Trinajstić information content (AvgIpc) is 2.66. The van der Waals surface area contributed by atoms with Crippen LogP contribution in [0.1, 0.15) is 30.0 Å². The maximum Gasteiger partial charge on any atom is 0.307 e. The number of aromatic amines is 1. The van der Waals surface area contributed by atoms with Gasteiger partial charge in [0.05, 0.1) is 12.6 Å². The third-order valence-corrected chi connectivity index (χ3v) is 3.77. The molecule has 2 N–H and O–H groups in total. The van der Waals surface area contributed by atoms with Crippen LogP contribution in [0, 0.1) is 0 Å². The summed E-state index contributed by atoms with van der Waals surface area (Å²) >= 11 is 1.97. The number of nitrogens with one attached hydrogen (secondary N) is 1. The Labute approximate surface area is 92.5 Å². The van der Waals surface area contributed by atoms with Crippen LogP contribution >= 0.6 is 11.8 Å². The van der Waals surface area contributed by atoms with Gasteiger partial charge >= 0.3 is 5.97 Å². The number of carboxylic acids is 1. The lowest BCUT2D eigenvalue weighted by atomic mass is 9.95. The van der Waals surface area contributed by atoms with Crippen molar-refractivity contribution >= 4 is 17.7 Å². The number of aromatic nitrogens is 2. The number of carboxylic acid groups (broad SMARTS) is 1. The van der Waals surface area contributed by atoms with E-state index in [1.54, 1.807) is 6.20 Å². The normalized spacial score (nSPS) is 17.9. The lowest BCUT2D eigenvalue weighted by Gasteiger charge is -2.20. The van der Waals surface area contributed by atoms with Crippen molar-refractivity contribution in [1.29, 1.82) is 0 Å². The number of H-pyrrole nitrogens is 1. The van der Waals surface area contributed by atoms with Crippen LogP contribution in [0.15, 0.2) is 6.20 Å². The van der Waals surface area contributed by atoms with Crippen LogP contribution in [-0.2, 0) is 11.2 Å². The van der Waals surface area contributed by atoms with Crippen molar-refractivity contribution in [2.75, 3.05) is 11.5 Å². The molecule has 0 aliphatic carbocycles. The van der Waals surface area contributed by atoms with Crippen LogP contribution in [0.4, 0.5) is 0 Å². The number of nitrogens with zero attached hydrogens (tertiary/aromatic N) is 1. The van der Waals surface area contributed by atoms with E-state index in [2.05, 4.69) is 10.2 Å². The van der Waals surface area contributed by atoms with Gasteiger partial charge in [-0.1, -0.05) is 0 Å². The van der Waals surface area contributed by atoms with Crippen molar-refractivity contribution in [3.63, 3.8) is 0 Å². The van der Waals surface area contributed by atoms with Gasteiger partial charge in [0.15, 0.2) is 0 Å². The Bertz CT molecular complexity index is 345. The zero-order chi connectivity index (χ0) is 10.7. The van der Waals surface area contributed by atoms with Gasteiger partial charge in [-0.3, -0.25) is 9.89 Å². The van der Waals surface area contributed by atoms with Crippen LogP contribution < -0.4 is 0 Å². The van der Waals surface area contributed by atoms with Gasteiger partial charge in [-0.2, -0.15) is 16.9 Å². The van der Waals surface area contributed by atoms with E-state index in [9.17, 15) is 4.79 Å². The minimum absolute atomic E-state index is 0.0788. The van der Waals surface area contributed by atoms with Gasteiger partial charge in [-0.25, -0.2) is 0 Å². The highest BCUT2D eigenvalue weighted by Gasteiger charge is 2.21. The van der Waals surface area contributed by atoms with E-state index in [0.29, 0.717) is 5.92 Å². The van der Waals surface area contributed by atoms with Crippen LogP contribution in [0.2, 0.25) is 0 Å². The minimum atomic E-state index is -0.789. The molecule has 0 bridgehead atoms. The Kier molecular flexibility index (Phi) is 3.30. The molecule has 0 amide bonds. The molecule has 1 fully saturated rings. The highest BCUT2D eigenvalue weighted by atomic mass is 32.2. The summed E-state index contributed by atoms with van der Waals surface area (Å²) in [5, 5.41) is 15.7. The first-order valence-corrected chi connectivity index (χ1v) is 6.24. The lowest BCUT2D eigenvalue weighted by molar-refractivity contribution is -0.136. The van der Waals surface area contributed by atoms with Gasteiger partial charge in [0.25, 0.3) is 0 Å². The van der Waals surface area contributed by atoms with Gasteiger partial charge in [-0.15, -0.1) is 0 Å². The van der Waals surface area contributed by atoms with Crippen molar-refractivity contribution in [2.45, 2.75) is 25.2 Å². The molecule has 82 valence electrons. The third kappa shape index (κ3) is 2.53. The smallest absolute Gasteiger partial charge is 0.307 e. The molecule has 0 aromatic carbocycles. The molecule has 0 unspecified atom stereocenters. The molecule has 2 rings (SSSR count). The van der Waals surface area contributed by atoms with E-state index in [4.69, 9.17) is 5.11 Å². The molecule has 5 heteroatoms. The quantitative estimate of drug-likeness (QED) is 0.822. The van der Waals surface area contributed by atoms with Crippen molar-refractivity contribution in [1.82, 2.24) is 10.2 Å². The first-order valence-electron chi connectivity index (χ1n) is 5.09. The zero-order valence-corrected chi connectivity index (χ0v) is 9.22. The molecule has 4 nitrogen and oxygen atoms in total. The SMILES string of the molecule is O=C(O)Cc1cn[nH]c1C1CCSCC1. The molecule has 1 aromatic heterocycles. The molecule has 0 spiro atoms. The highest BCUT2D eigenvalue weighted by Crippen LogP contribution is 2.32. The highest BCUT2D eigenvalue weighted by molar-refractivity contribution is 7.99. The van der Waals surface area contributed by atoms with Gasteiger partial charge in [0, 0.05) is 17.2 Å². The summed E-state index contributed by atoms with van der Waals surface area (Å²) in [6, 6.07) is 0. The number of aliphatic carboxylic acids is 1. The molecular weight excluding hydrogens is 212 g/mol. The van der Waals surface area contributed by atoms with Gasteiger partial charge < -0.3 is 5.11 Å². The van der Waals surface area contributed by atoms with Crippen molar-refractivity contribution in [3.05, 3.63) is 17.5 Å². The maximum atomic E-state index is 10.7. The van der Waals surface area contributed by atoms with Gasteiger partial charge in [0.2, 0.25) is 0 Å². The standard InChI is InChI=1S/C10H14N2O2S/c13-9(14)5-8-6-11-12-10(8)7-1-3-15-4-2-7/h6-7H,1-5H2,(H,11,12)(H,13,14). The minimum Gasteiger partial charge on any atom is -0.481 e. The number of hydrogen-bond donors (Lipinski definition) is 2. The van der Waals surface area contributed by atoms with E-state index >= 15 is 0 Å². The molecule has 0 atom stereocenters. The average molecular weight is 226 g/mol. The first-order chi connectivity index (χ1) is 7.27. The number of rotatable bonds is 3. The van der Waals surface area contributed by atoms with Crippen LogP contribution in [0.5, 0.6) is 0 Å². The zero-order valence-electron chi connectivity index (χ0n) is 8.40. The summed E-state index contributed by atoms with van der Waals surface area (Å²) in [7, 11) is 0. The summed E-state index contributed by atoms with van der Waals surface area (Å²) in [5.41, 5.74) is 1.89. The fraction of sp³-hybridized carbons (Fsp3) is 0.600. The molecule has 0 radical (unpaired) electrons. The Morgan fingerprint density at radius 1 is 1.60 bits per heavy atom. The van der Waals surface area contributed by atoms with E-state index in [0.717, 1.165) is 35.6 Å². The Morgan fingerprint density at radius 2 is 2.33 bits per heavy atom. The third-order valence-electron chi connectivity index (χ3n) is 2.72. The lowest BCUT2D eigenvalue weighted by Crippen LogP contribution is -2.11. The summed E-state index contributed by atoms with van der Waals surface area (Å²) in [6.45, 7) is 0. The second-order valence-corrected chi connectivity index (χ2v) is 4.99. The second-order valence-electron chi connectivity index (χ2n) is 3.77. The maximum absolute atomic E-state index is 10.7. The Balaban J connectivity index is 2.12. The number of carbonyl (C=O) groups is 1. The fourth-order valence-corrected chi connectivity index (χ4v) is 3.07. The predicted molar refractivity (Wildman–Crippen MR) is 59.2 cm³/mol. The molecule has 2 heterocycles. The molecule has 1 aliphatic rings.